The predicted octanol–water partition coefficient (Wildman–Crippen LogP) is 1.27. The summed E-state index contributed by atoms with van der Waals surface area (Å²) in [5, 5.41) is 20.3. The maximum absolute atomic E-state index is 11.1. The van der Waals surface area contributed by atoms with Crippen molar-refractivity contribution in [2.75, 3.05) is 19.8 Å². The van der Waals surface area contributed by atoms with Gasteiger partial charge in [-0.05, 0) is 17.9 Å². The molecule has 0 bridgehead atoms. The average Bonchev–Trinajstić information content (AvgIpc) is 2.40. The van der Waals surface area contributed by atoms with E-state index in [0.717, 1.165) is 12.0 Å². The molecule has 1 aliphatic rings. The first-order valence-electron chi connectivity index (χ1n) is 6.03. The van der Waals surface area contributed by atoms with Crippen molar-refractivity contribution in [2.45, 2.75) is 18.4 Å². The van der Waals surface area contributed by atoms with Crippen LogP contribution in [0.3, 0.4) is 0 Å². The van der Waals surface area contributed by atoms with Gasteiger partial charge in [0.05, 0.1) is 6.61 Å². The van der Waals surface area contributed by atoms with Crippen LogP contribution in [-0.4, -0.2) is 35.4 Å². The van der Waals surface area contributed by atoms with Crippen molar-refractivity contribution in [3.05, 3.63) is 46.0 Å². The molecule has 2 unspecified atom stereocenters. The van der Waals surface area contributed by atoms with E-state index in [1.165, 1.54) is 0 Å². The summed E-state index contributed by atoms with van der Waals surface area (Å²) in [6.07, 6.45) is 1.11. The topological polar surface area (TPSA) is 72.6 Å². The second kappa shape index (κ2) is 5.46. The number of hydrogen-bond donors (Lipinski definition) is 1. The van der Waals surface area contributed by atoms with Crippen LogP contribution in [0.2, 0.25) is 0 Å². The quantitative estimate of drug-likeness (QED) is 0.646. The molecule has 0 radical (unpaired) electrons. The zero-order valence-corrected chi connectivity index (χ0v) is 10.1. The first-order valence-corrected chi connectivity index (χ1v) is 6.03. The van der Waals surface area contributed by atoms with Crippen LogP contribution in [0.25, 0.3) is 0 Å². The molecule has 0 saturated carbocycles. The van der Waals surface area contributed by atoms with Crippen molar-refractivity contribution in [1.29, 1.82) is 0 Å². The van der Waals surface area contributed by atoms with Crippen molar-refractivity contribution in [3.63, 3.8) is 0 Å². The van der Waals surface area contributed by atoms with E-state index in [1.54, 1.807) is 0 Å². The van der Waals surface area contributed by atoms with Crippen LogP contribution in [0.5, 0.6) is 0 Å². The average molecular weight is 251 g/mol. The van der Waals surface area contributed by atoms with Gasteiger partial charge >= 0.3 is 0 Å². The minimum absolute atomic E-state index is 0.00178. The Bertz CT molecular complexity index is 409. The number of nitro groups is 1. The van der Waals surface area contributed by atoms with Gasteiger partial charge in [0, 0.05) is 11.3 Å². The molecule has 1 aromatic carbocycles. The van der Waals surface area contributed by atoms with Gasteiger partial charge in [0.2, 0.25) is 0 Å². The summed E-state index contributed by atoms with van der Waals surface area (Å²) >= 11 is 0. The van der Waals surface area contributed by atoms with Gasteiger partial charge in [-0.1, -0.05) is 30.3 Å². The van der Waals surface area contributed by atoms with E-state index < -0.39 is 17.1 Å². The highest BCUT2D eigenvalue weighted by Crippen LogP contribution is 2.28. The zero-order valence-electron chi connectivity index (χ0n) is 10.1. The van der Waals surface area contributed by atoms with Gasteiger partial charge in [0.1, 0.15) is 13.2 Å². The Labute approximate surface area is 106 Å². The third kappa shape index (κ3) is 2.68. The normalized spacial score (nSPS) is 27.9. The number of aliphatic hydroxyl groups excluding tert-OH is 1. The van der Waals surface area contributed by atoms with E-state index in [9.17, 15) is 15.2 Å². The lowest BCUT2D eigenvalue weighted by Gasteiger charge is -2.32. The molecule has 1 saturated heterocycles. The summed E-state index contributed by atoms with van der Waals surface area (Å²) in [6.45, 7) is 0.0531. The maximum atomic E-state index is 11.1. The molecule has 1 aliphatic heterocycles. The Kier molecular flexibility index (Phi) is 3.93. The highest BCUT2D eigenvalue weighted by Gasteiger charge is 2.47. The van der Waals surface area contributed by atoms with Crippen molar-refractivity contribution >= 4 is 0 Å². The van der Waals surface area contributed by atoms with Crippen molar-refractivity contribution in [3.8, 4) is 0 Å². The van der Waals surface area contributed by atoms with Gasteiger partial charge in [-0.15, -0.1) is 0 Å². The summed E-state index contributed by atoms with van der Waals surface area (Å²) < 4.78 is 5.32. The highest BCUT2D eigenvalue weighted by atomic mass is 16.6. The molecule has 1 heterocycles. The molecule has 18 heavy (non-hydrogen) atoms. The molecule has 1 aromatic rings. The Morgan fingerprint density at radius 3 is 2.78 bits per heavy atom. The van der Waals surface area contributed by atoms with E-state index in [-0.39, 0.29) is 12.5 Å². The van der Waals surface area contributed by atoms with Crippen LogP contribution in [0.4, 0.5) is 0 Å². The lowest BCUT2D eigenvalue weighted by molar-refractivity contribution is -0.585. The van der Waals surface area contributed by atoms with Gasteiger partial charge in [0.25, 0.3) is 5.54 Å². The largest absolute Gasteiger partial charge is 0.389 e. The van der Waals surface area contributed by atoms with Crippen LogP contribution in [-0.2, 0) is 11.2 Å². The van der Waals surface area contributed by atoms with Gasteiger partial charge in [0.15, 0.2) is 0 Å². The van der Waals surface area contributed by atoms with Gasteiger partial charge in [-0.3, -0.25) is 10.1 Å². The van der Waals surface area contributed by atoms with Crippen LogP contribution in [0.15, 0.2) is 30.3 Å². The Morgan fingerprint density at radius 2 is 2.17 bits per heavy atom. The number of nitrogens with zero attached hydrogens (tertiary/aromatic N) is 1. The second-order valence-corrected chi connectivity index (χ2v) is 4.91. The molecular weight excluding hydrogens is 234 g/mol. The number of aliphatic hydroxyl groups is 1. The number of benzene rings is 1. The lowest BCUT2D eigenvalue weighted by atomic mass is 9.84. The van der Waals surface area contributed by atoms with E-state index in [1.807, 2.05) is 30.3 Å². The molecular formula is C13H17NO4. The molecule has 2 atom stereocenters. The summed E-state index contributed by atoms with van der Waals surface area (Å²) in [5.41, 5.74) is -0.180. The minimum atomic E-state index is -1.32. The Balaban J connectivity index is 2.05. The molecule has 5 nitrogen and oxygen atoms in total. The summed E-state index contributed by atoms with van der Waals surface area (Å²) in [5.74, 6) is 0.0821. The molecule has 0 aliphatic carbocycles. The molecule has 0 amide bonds. The van der Waals surface area contributed by atoms with Crippen molar-refractivity contribution in [2.24, 2.45) is 5.92 Å². The minimum Gasteiger partial charge on any atom is -0.389 e. The number of rotatable bonds is 4. The molecule has 98 valence electrons. The number of hydrogen-bond acceptors (Lipinski definition) is 4. The third-order valence-electron chi connectivity index (χ3n) is 3.44. The fourth-order valence-corrected chi connectivity index (χ4v) is 2.44. The van der Waals surface area contributed by atoms with E-state index in [4.69, 9.17) is 4.74 Å². The van der Waals surface area contributed by atoms with E-state index in [0.29, 0.717) is 13.0 Å². The van der Waals surface area contributed by atoms with E-state index in [2.05, 4.69) is 0 Å². The SMILES string of the molecule is O=[N+]([O-])C1(CO)COCC(Cc2ccccc2)C1. The molecule has 1 fully saturated rings. The highest BCUT2D eigenvalue weighted by molar-refractivity contribution is 5.15. The summed E-state index contributed by atoms with van der Waals surface area (Å²) in [6, 6.07) is 9.84. The van der Waals surface area contributed by atoms with Gasteiger partial charge in [-0.2, -0.15) is 0 Å². The standard InChI is InChI=1S/C13H17NO4/c15-9-13(14(16)17)7-12(8-18-10-13)6-11-4-2-1-3-5-11/h1-5,12,15H,6-10H2. The van der Waals surface area contributed by atoms with Crippen molar-refractivity contribution < 1.29 is 14.8 Å². The third-order valence-corrected chi connectivity index (χ3v) is 3.44. The van der Waals surface area contributed by atoms with Crippen LogP contribution in [0, 0.1) is 16.0 Å². The fraction of sp³-hybridized carbons (Fsp3) is 0.538. The molecule has 0 aromatic heterocycles. The van der Waals surface area contributed by atoms with Crippen LogP contribution in [0.1, 0.15) is 12.0 Å². The fourth-order valence-electron chi connectivity index (χ4n) is 2.44. The summed E-state index contributed by atoms with van der Waals surface area (Å²) in [7, 11) is 0. The summed E-state index contributed by atoms with van der Waals surface area (Å²) in [4.78, 5) is 10.7. The smallest absolute Gasteiger partial charge is 0.267 e. The van der Waals surface area contributed by atoms with Crippen LogP contribution < -0.4 is 0 Å². The first-order chi connectivity index (χ1) is 8.66. The van der Waals surface area contributed by atoms with Crippen LogP contribution >= 0.6 is 0 Å². The zero-order chi connectivity index (χ0) is 13.0. The van der Waals surface area contributed by atoms with E-state index >= 15 is 0 Å². The lowest BCUT2D eigenvalue weighted by Crippen LogP contribution is -2.52. The Morgan fingerprint density at radius 1 is 1.44 bits per heavy atom. The molecule has 1 N–H and O–H groups in total. The molecule has 5 heteroatoms. The number of ether oxygens (including phenoxy) is 1. The monoisotopic (exact) mass is 251 g/mol. The second-order valence-electron chi connectivity index (χ2n) is 4.91. The van der Waals surface area contributed by atoms with Gasteiger partial charge in [-0.25, -0.2) is 0 Å². The molecule has 0 spiro atoms. The predicted molar refractivity (Wildman–Crippen MR) is 65.9 cm³/mol. The Hall–Kier alpha value is -1.46. The van der Waals surface area contributed by atoms with Crippen molar-refractivity contribution in [1.82, 2.24) is 0 Å². The van der Waals surface area contributed by atoms with Gasteiger partial charge < -0.3 is 9.84 Å². The first kappa shape index (κ1) is 13.0. The molecule has 2 rings (SSSR count). The maximum Gasteiger partial charge on any atom is 0.267 e.